The van der Waals surface area contributed by atoms with Crippen LogP contribution in [0.3, 0.4) is 0 Å². The van der Waals surface area contributed by atoms with E-state index in [1.165, 1.54) is 24.0 Å². The van der Waals surface area contributed by atoms with Gasteiger partial charge in [-0.05, 0) is 49.4 Å². The Labute approximate surface area is 96.6 Å². The van der Waals surface area contributed by atoms with E-state index in [9.17, 15) is 0 Å². The van der Waals surface area contributed by atoms with Gasteiger partial charge in [0.05, 0.1) is 0 Å². The molecule has 0 unspecified atom stereocenters. The van der Waals surface area contributed by atoms with Crippen molar-refractivity contribution < 1.29 is 0 Å². The summed E-state index contributed by atoms with van der Waals surface area (Å²) in [5, 5.41) is 0.849. The molecule has 2 heteroatoms. The average molecular weight is 224 g/mol. The summed E-state index contributed by atoms with van der Waals surface area (Å²) in [6.45, 7) is 4.15. The highest BCUT2D eigenvalue weighted by Crippen LogP contribution is 2.39. The van der Waals surface area contributed by atoms with E-state index in [4.69, 9.17) is 17.3 Å². The first-order chi connectivity index (χ1) is 7.03. The molecule has 1 aromatic rings. The van der Waals surface area contributed by atoms with E-state index in [0.717, 1.165) is 23.4 Å². The summed E-state index contributed by atoms with van der Waals surface area (Å²) in [7, 11) is 0. The number of halogens is 1. The van der Waals surface area contributed by atoms with Gasteiger partial charge in [-0.15, -0.1) is 0 Å². The monoisotopic (exact) mass is 223 g/mol. The highest BCUT2D eigenvalue weighted by molar-refractivity contribution is 6.31. The third-order valence-electron chi connectivity index (χ3n) is 3.52. The normalized spacial score (nSPS) is 19.5. The van der Waals surface area contributed by atoms with E-state index in [-0.39, 0.29) is 5.54 Å². The van der Waals surface area contributed by atoms with Crippen molar-refractivity contribution in [3.63, 3.8) is 0 Å². The second-order valence-electron chi connectivity index (χ2n) is 4.78. The van der Waals surface area contributed by atoms with Crippen molar-refractivity contribution in [2.75, 3.05) is 0 Å². The number of rotatable bonds is 1. The molecule has 2 rings (SSSR count). The lowest BCUT2D eigenvalue weighted by atomic mass is 9.85. The standard InChI is InChI=1S/C13H18ClN/c1-9-7-11(10(2)12(14)8-9)13(15)5-3-4-6-13/h7-8H,3-6,15H2,1-2H3. The van der Waals surface area contributed by atoms with E-state index >= 15 is 0 Å². The van der Waals surface area contributed by atoms with Gasteiger partial charge >= 0.3 is 0 Å². The molecule has 0 amide bonds. The van der Waals surface area contributed by atoms with Gasteiger partial charge in [0.15, 0.2) is 0 Å². The molecule has 0 heterocycles. The van der Waals surface area contributed by atoms with Crippen molar-refractivity contribution in [3.05, 3.63) is 33.8 Å². The number of aryl methyl sites for hydroxylation is 1. The first-order valence-electron chi connectivity index (χ1n) is 5.59. The van der Waals surface area contributed by atoms with Crippen LogP contribution in [0.15, 0.2) is 12.1 Å². The lowest BCUT2D eigenvalue weighted by Crippen LogP contribution is -2.34. The van der Waals surface area contributed by atoms with E-state index < -0.39 is 0 Å². The molecule has 1 nitrogen and oxygen atoms in total. The summed E-state index contributed by atoms with van der Waals surface area (Å²) < 4.78 is 0. The van der Waals surface area contributed by atoms with Crippen LogP contribution in [0.5, 0.6) is 0 Å². The van der Waals surface area contributed by atoms with E-state index in [1.54, 1.807) is 0 Å². The highest BCUT2D eigenvalue weighted by atomic mass is 35.5. The molecular weight excluding hydrogens is 206 g/mol. The summed E-state index contributed by atoms with van der Waals surface area (Å²) in [5.41, 5.74) is 9.95. The molecule has 0 bridgehead atoms. The molecule has 0 saturated heterocycles. The molecule has 0 spiro atoms. The van der Waals surface area contributed by atoms with Gasteiger partial charge in [0, 0.05) is 10.6 Å². The SMILES string of the molecule is Cc1cc(Cl)c(C)c(C2(N)CCCC2)c1. The predicted octanol–water partition coefficient (Wildman–Crippen LogP) is 3.68. The third kappa shape index (κ3) is 1.91. The molecule has 1 aromatic carbocycles. The summed E-state index contributed by atoms with van der Waals surface area (Å²) in [6.07, 6.45) is 4.66. The lowest BCUT2D eigenvalue weighted by Gasteiger charge is -2.27. The summed E-state index contributed by atoms with van der Waals surface area (Å²) >= 11 is 6.20. The molecule has 1 aliphatic carbocycles. The first-order valence-corrected chi connectivity index (χ1v) is 5.97. The van der Waals surface area contributed by atoms with Crippen LogP contribution in [-0.2, 0) is 5.54 Å². The topological polar surface area (TPSA) is 26.0 Å². The predicted molar refractivity (Wildman–Crippen MR) is 65.3 cm³/mol. The van der Waals surface area contributed by atoms with Gasteiger partial charge in [0.2, 0.25) is 0 Å². The van der Waals surface area contributed by atoms with Crippen LogP contribution in [-0.4, -0.2) is 0 Å². The number of benzene rings is 1. The maximum Gasteiger partial charge on any atom is 0.0441 e. The van der Waals surface area contributed by atoms with E-state index in [0.29, 0.717) is 0 Å². The third-order valence-corrected chi connectivity index (χ3v) is 3.91. The average Bonchev–Trinajstić information content (AvgIpc) is 2.59. The molecule has 1 aliphatic rings. The lowest BCUT2D eigenvalue weighted by molar-refractivity contribution is 0.459. The Kier molecular flexibility index (Phi) is 2.78. The Balaban J connectivity index is 2.51. The van der Waals surface area contributed by atoms with Crippen LogP contribution < -0.4 is 5.73 Å². The zero-order valence-corrected chi connectivity index (χ0v) is 10.2. The fraction of sp³-hybridized carbons (Fsp3) is 0.538. The second-order valence-corrected chi connectivity index (χ2v) is 5.19. The van der Waals surface area contributed by atoms with Crippen molar-refractivity contribution in [3.8, 4) is 0 Å². The van der Waals surface area contributed by atoms with Crippen LogP contribution in [0.2, 0.25) is 5.02 Å². The minimum atomic E-state index is -0.125. The Morgan fingerprint density at radius 1 is 1.20 bits per heavy atom. The summed E-state index contributed by atoms with van der Waals surface area (Å²) in [6, 6.07) is 4.21. The van der Waals surface area contributed by atoms with Gasteiger partial charge in [-0.25, -0.2) is 0 Å². The largest absolute Gasteiger partial charge is 0.321 e. The van der Waals surface area contributed by atoms with Gasteiger partial charge in [-0.2, -0.15) is 0 Å². The minimum Gasteiger partial charge on any atom is -0.321 e. The Morgan fingerprint density at radius 3 is 2.40 bits per heavy atom. The molecule has 0 aliphatic heterocycles. The molecule has 2 N–H and O–H groups in total. The molecular formula is C13H18ClN. The zero-order valence-electron chi connectivity index (χ0n) is 9.44. The Bertz CT molecular complexity index is 378. The van der Waals surface area contributed by atoms with Crippen LogP contribution in [0.1, 0.15) is 42.4 Å². The van der Waals surface area contributed by atoms with Crippen molar-refractivity contribution >= 4 is 11.6 Å². The van der Waals surface area contributed by atoms with Crippen molar-refractivity contribution in [1.82, 2.24) is 0 Å². The molecule has 82 valence electrons. The summed E-state index contributed by atoms with van der Waals surface area (Å²) in [4.78, 5) is 0. The maximum absolute atomic E-state index is 6.46. The van der Waals surface area contributed by atoms with E-state index in [2.05, 4.69) is 19.9 Å². The number of nitrogens with two attached hydrogens (primary N) is 1. The summed E-state index contributed by atoms with van der Waals surface area (Å²) in [5.74, 6) is 0. The smallest absolute Gasteiger partial charge is 0.0441 e. The number of hydrogen-bond acceptors (Lipinski definition) is 1. The molecule has 15 heavy (non-hydrogen) atoms. The van der Waals surface area contributed by atoms with Gasteiger partial charge < -0.3 is 5.73 Å². The van der Waals surface area contributed by atoms with Gasteiger partial charge in [-0.3, -0.25) is 0 Å². The van der Waals surface area contributed by atoms with Gasteiger partial charge in [-0.1, -0.05) is 30.5 Å². The molecule has 0 radical (unpaired) electrons. The van der Waals surface area contributed by atoms with Gasteiger partial charge in [0.1, 0.15) is 0 Å². The van der Waals surface area contributed by atoms with Crippen LogP contribution in [0, 0.1) is 13.8 Å². The van der Waals surface area contributed by atoms with E-state index in [1.807, 2.05) is 6.07 Å². The van der Waals surface area contributed by atoms with Crippen LogP contribution in [0.25, 0.3) is 0 Å². The first kappa shape index (κ1) is 11.0. The Morgan fingerprint density at radius 2 is 1.80 bits per heavy atom. The maximum atomic E-state index is 6.46. The highest BCUT2D eigenvalue weighted by Gasteiger charge is 2.32. The zero-order chi connectivity index (χ0) is 11.1. The van der Waals surface area contributed by atoms with Crippen LogP contribution >= 0.6 is 11.6 Å². The Hall–Kier alpha value is -0.530. The van der Waals surface area contributed by atoms with Crippen molar-refractivity contribution in [2.24, 2.45) is 5.73 Å². The number of hydrogen-bond donors (Lipinski definition) is 1. The van der Waals surface area contributed by atoms with Crippen molar-refractivity contribution in [2.45, 2.75) is 45.1 Å². The van der Waals surface area contributed by atoms with Crippen LogP contribution in [0.4, 0.5) is 0 Å². The van der Waals surface area contributed by atoms with Crippen molar-refractivity contribution in [1.29, 1.82) is 0 Å². The molecule has 0 atom stereocenters. The molecule has 1 saturated carbocycles. The quantitative estimate of drug-likeness (QED) is 0.772. The molecule has 0 aromatic heterocycles. The molecule has 1 fully saturated rings. The fourth-order valence-corrected chi connectivity index (χ4v) is 2.88. The van der Waals surface area contributed by atoms with Gasteiger partial charge in [0.25, 0.3) is 0 Å². The fourth-order valence-electron chi connectivity index (χ4n) is 2.61. The minimum absolute atomic E-state index is 0.125. The second kappa shape index (κ2) is 3.80.